The van der Waals surface area contributed by atoms with E-state index in [4.69, 9.17) is 9.47 Å². The van der Waals surface area contributed by atoms with Crippen molar-refractivity contribution in [2.75, 3.05) is 26.9 Å². The maximum atomic E-state index is 12.1. The number of hydrogen-bond acceptors (Lipinski definition) is 4. The summed E-state index contributed by atoms with van der Waals surface area (Å²) in [5, 5.41) is 3.04. The van der Waals surface area contributed by atoms with Crippen LogP contribution in [0.4, 0.5) is 0 Å². The standard InChI is InChI=1S/C16H23NO3/c1-17-15(11-13-5-3-2-4-6-13)16(18)20-12-14-7-9-19-10-8-14/h2-6,14-15,17H,7-12H2,1H3. The minimum Gasteiger partial charge on any atom is -0.464 e. The molecule has 1 aromatic carbocycles. The Morgan fingerprint density at radius 1 is 1.35 bits per heavy atom. The fourth-order valence-electron chi connectivity index (χ4n) is 2.37. The third kappa shape index (κ3) is 4.62. The summed E-state index contributed by atoms with van der Waals surface area (Å²) in [5.41, 5.74) is 1.13. The Kier molecular flexibility index (Phi) is 6.02. The number of hydrogen-bond donors (Lipinski definition) is 1. The summed E-state index contributed by atoms with van der Waals surface area (Å²) in [6.07, 6.45) is 2.62. The number of nitrogens with one attached hydrogen (secondary N) is 1. The molecule has 1 aliphatic rings. The van der Waals surface area contributed by atoms with Crippen LogP contribution in [0.3, 0.4) is 0 Å². The first kappa shape index (κ1) is 15.0. The topological polar surface area (TPSA) is 47.6 Å². The van der Waals surface area contributed by atoms with E-state index in [9.17, 15) is 4.79 Å². The highest BCUT2D eigenvalue weighted by Crippen LogP contribution is 2.15. The summed E-state index contributed by atoms with van der Waals surface area (Å²) in [5.74, 6) is 0.282. The Bertz CT molecular complexity index is 401. The van der Waals surface area contributed by atoms with E-state index >= 15 is 0 Å². The van der Waals surface area contributed by atoms with Crippen LogP contribution in [0, 0.1) is 5.92 Å². The second-order valence-electron chi connectivity index (χ2n) is 5.22. The van der Waals surface area contributed by atoms with Gasteiger partial charge in [-0.15, -0.1) is 0 Å². The van der Waals surface area contributed by atoms with Crippen molar-refractivity contribution in [2.24, 2.45) is 5.92 Å². The van der Waals surface area contributed by atoms with Crippen molar-refractivity contribution in [2.45, 2.75) is 25.3 Å². The highest BCUT2D eigenvalue weighted by molar-refractivity contribution is 5.76. The lowest BCUT2D eigenvalue weighted by Crippen LogP contribution is -2.38. The minimum atomic E-state index is -0.280. The van der Waals surface area contributed by atoms with Gasteiger partial charge in [-0.25, -0.2) is 0 Å². The normalized spacial score (nSPS) is 17.6. The molecule has 1 aliphatic heterocycles. The monoisotopic (exact) mass is 277 g/mol. The van der Waals surface area contributed by atoms with Crippen molar-refractivity contribution in [3.63, 3.8) is 0 Å². The number of ether oxygens (including phenoxy) is 2. The zero-order valence-electron chi connectivity index (χ0n) is 12.0. The van der Waals surface area contributed by atoms with Gasteiger partial charge in [0, 0.05) is 13.2 Å². The smallest absolute Gasteiger partial charge is 0.323 e. The van der Waals surface area contributed by atoms with E-state index in [-0.39, 0.29) is 12.0 Å². The Morgan fingerprint density at radius 2 is 2.05 bits per heavy atom. The van der Waals surface area contributed by atoms with Crippen LogP contribution < -0.4 is 5.32 Å². The molecule has 0 radical (unpaired) electrons. The van der Waals surface area contributed by atoms with E-state index in [0.717, 1.165) is 31.6 Å². The van der Waals surface area contributed by atoms with Gasteiger partial charge >= 0.3 is 5.97 Å². The van der Waals surface area contributed by atoms with Gasteiger partial charge in [-0.2, -0.15) is 0 Å². The van der Waals surface area contributed by atoms with Crippen molar-refractivity contribution < 1.29 is 14.3 Å². The van der Waals surface area contributed by atoms with Crippen LogP contribution in [0.25, 0.3) is 0 Å². The number of benzene rings is 1. The number of carbonyl (C=O) groups excluding carboxylic acids is 1. The largest absolute Gasteiger partial charge is 0.464 e. The van der Waals surface area contributed by atoms with Gasteiger partial charge in [-0.1, -0.05) is 30.3 Å². The van der Waals surface area contributed by atoms with E-state index in [1.165, 1.54) is 0 Å². The lowest BCUT2D eigenvalue weighted by Gasteiger charge is -2.23. The summed E-state index contributed by atoms with van der Waals surface area (Å²) in [6.45, 7) is 2.07. The molecule has 0 amide bonds. The Balaban J connectivity index is 1.79. The molecule has 1 heterocycles. The molecule has 0 bridgehead atoms. The van der Waals surface area contributed by atoms with Crippen molar-refractivity contribution in [1.29, 1.82) is 0 Å². The molecule has 1 N–H and O–H groups in total. The van der Waals surface area contributed by atoms with Gasteiger partial charge in [0.2, 0.25) is 0 Å². The first-order valence-corrected chi connectivity index (χ1v) is 7.25. The summed E-state index contributed by atoms with van der Waals surface area (Å²) < 4.78 is 10.8. The van der Waals surface area contributed by atoms with Crippen LogP contribution in [0.2, 0.25) is 0 Å². The maximum absolute atomic E-state index is 12.1. The SMILES string of the molecule is CNC(Cc1ccccc1)C(=O)OCC1CCOCC1. The first-order chi connectivity index (χ1) is 9.79. The second kappa shape index (κ2) is 8.02. The summed E-state index contributed by atoms with van der Waals surface area (Å²) >= 11 is 0. The van der Waals surface area contributed by atoms with Gasteiger partial charge in [0.05, 0.1) is 6.61 Å². The van der Waals surface area contributed by atoms with E-state index < -0.39 is 0 Å². The number of esters is 1. The van der Waals surface area contributed by atoms with Crippen LogP contribution >= 0.6 is 0 Å². The molecule has 2 rings (SSSR count). The zero-order chi connectivity index (χ0) is 14.2. The summed E-state index contributed by atoms with van der Waals surface area (Å²) in [4.78, 5) is 12.1. The Hall–Kier alpha value is -1.39. The molecule has 1 saturated heterocycles. The molecule has 1 unspecified atom stereocenters. The van der Waals surface area contributed by atoms with E-state index in [2.05, 4.69) is 5.32 Å². The summed E-state index contributed by atoms with van der Waals surface area (Å²) in [7, 11) is 1.79. The molecular formula is C16H23NO3. The quantitative estimate of drug-likeness (QED) is 0.805. The molecule has 110 valence electrons. The molecule has 20 heavy (non-hydrogen) atoms. The fourth-order valence-corrected chi connectivity index (χ4v) is 2.37. The third-order valence-corrected chi connectivity index (χ3v) is 3.72. The van der Waals surface area contributed by atoms with Crippen LogP contribution in [-0.2, 0) is 20.7 Å². The lowest BCUT2D eigenvalue weighted by atomic mass is 10.0. The van der Waals surface area contributed by atoms with Gasteiger partial charge in [-0.05, 0) is 37.8 Å². The summed E-state index contributed by atoms with van der Waals surface area (Å²) in [6, 6.07) is 9.70. The molecule has 0 saturated carbocycles. The zero-order valence-corrected chi connectivity index (χ0v) is 12.0. The molecule has 1 atom stereocenters. The van der Waals surface area contributed by atoms with E-state index in [1.807, 2.05) is 30.3 Å². The van der Waals surface area contributed by atoms with Crippen LogP contribution in [0.5, 0.6) is 0 Å². The van der Waals surface area contributed by atoms with Gasteiger partial charge in [-0.3, -0.25) is 4.79 Å². The van der Waals surface area contributed by atoms with Gasteiger partial charge < -0.3 is 14.8 Å². The number of likely N-dealkylation sites (N-methyl/N-ethyl adjacent to an activating group) is 1. The van der Waals surface area contributed by atoms with Crippen molar-refractivity contribution in [1.82, 2.24) is 5.32 Å². The highest BCUT2D eigenvalue weighted by atomic mass is 16.5. The Labute approximate surface area is 120 Å². The molecule has 1 aromatic rings. The van der Waals surface area contributed by atoms with Gasteiger partial charge in [0.1, 0.15) is 6.04 Å². The van der Waals surface area contributed by atoms with Crippen molar-refractivity contribution in [3.8, 4) is 0 Å². The molecule has 1 fully saturated rings. The van der Waals surface area contributed by atoms with Crippen LogP contribution in [0.15, 0.2) is 30.3 Å². The van der Waals surface area contributed by atoms with Gasteiger partial charge in [0.15, 0.2) is 0 Å². The van der Waals surface area contributed by atoms with Crippen LogP contribution in [-0.4, -0.2) is 38.9 Å². The third-order valence-electron chi connectivity index (χ3n) is 3.72. The fraction of sp³-hybridized carbons (Fsp3) is 0.562. The van der Waals surface area contributed by atoms with Crippen molar-refractivity contribution >= 4 is 5.97 Å². The van der Waals surface area contributed by atoms with Gasteiger partial charge in [0.25, 0.3) is 0 Å². The number of carbonyl (C=O) groups is 1. The molecule has 0 aromatic heterocycles. The predicted molar refractivity (Wildman–Crippen MR) is 77.5 cm³/mol. The average molecular weight is 277 g/mol. The molecule has 0 spiro atoms. The molecule has 4 heteroatoms. The predicted octanol–water partition coefficient (Wildman–Crippen LogP) is 1.79. The minimum absolute atomic E-state index is 0.164. The Morgan fingerprint density at radius 3 is 2.70 bits per heavy atom. The van der Waals surface area contributed by atoms with E-state index in [0.29, 0.717) is 18.9 Å². The van der Waals surface area contributed by atoms with Crippen LogP contribution in [0.1, 0.15) is 18.4 Å². The number of rotatable bonds is 6. The lowest BCUT2D eigenvalue weighted by molar-refractivity contribution is -0.148. The first-order valence-electron chi connectivity index (χ1n) is 7.25. The second-order valence-corrected chi connectivity index (χ2v) is 5.22. The highest BCUT2D eigenvalue weighted by Gasteiger charge is 2.21. The van der Waals surface area contributed by atoms with E-state index in [1.54, 1.807) is 7.05 Å². The average Bonchev–Trinajstić information content (AvgIpc) is 2.52. The molecule has 4 nitrogen and oxygen atoms in total. The molecule has 0 aliphatic carbocycles. The molecular weight excluding hydrogens is 254 g/mol. The maximum Gasteiger partial charge on any atom is 0.323 e. The van der Waals surface area contributed by atoms with Crippen molar-refractivity contribution in [3.05, 3.63) is 35.9 Å².